The van der Waals surface area contributed by atoms with Crippen LogP contribution in [0.25, 0.3) is 21.0 Å². The Morgan fingerprint density at radius 3 is 2.82 bits per heavy atom. The highest BCUT2D eigenvalue weighted by molar-refractivity contribution is 7.19. The lowest BCUT2D eigenvalue weighted by molar-refractivity contribution is 0.0331. The highest BCUT2D eigenvalue weighted by Gasteiger charge is 2.25. The number of aromatic nitrogens is 2. The molecule has 0 bridgehead atoms. The van der Waals surface area contributed by atoms with Crippen LogP contribution in [-0.4, -0.2) is 41.2 Å². The monoisotopic (exact) mass is 472 g/mol. The van der Waals surface area contributed by atoms with E-state index in [2.05, 4.69) is 66.5 Å². The number of anilines is 1. The van der Waals surface area contributed by atoms with Crippen molar-refractivity contribution in [3.63, 3.8) is 0 Å². The van der Waals surface area contributed by atoms with Gasteiger partial charge in [-0.1, -0.05) is 49.4 Å². The third-order valence-corrected chi connectivity index (χ3v) is 8.46. The minimum Gasteiger partial charge on any atom is -0.379 e. The van der Waals surface area contributed by atoms with Gasteiger partial charge in [-0.3, -0.25) is 4.90 Å². The second kappa shape index (κ2) is 9.25. The van der Waals surface area contributed by atoms with E-state index in [9.17, 15) is 0 Å². The second-order valence-electron chi connectivity index (χ2n) is 9.84. The summed E-state index contributed by atoms with van der Waals surface area (Å²) in [6.07, 6.45) is 3.53. The summed E-state index contributed by atoms with van der Waals surface area (Å²) in [6, 6.07) is 15.3. The predicted molar refractivity (Wildman–Crippen MR) is 141 cm³/mol. The van der Waals surface area contributed by atoms with Crippen molar-refractivity contribution >= 4 is 38.1 Å². The highest BCUT2D eigenvalue weighted by Crippen LogP contribution is 2.41. The van der Waals surface area contributed by atoms with Gasteiger partial charge in [0.25, 0.3) is 0 Å². The maximum atomic E-state index is 5.54. The van der Waals surface area contributed by atoms with Crippen molar-refractivity contribution in [1.29, 1.82) is 0 Å². The first kappa shape index (κ1) is 22.0. The van der Waals surface area contributed by atoms with Crippen LogP contribution in [0.2, 0.25) is 0 Å². The fourth-order valence-electron chi connectivity index (χ4n) is 5.43. The van der Waals surface area contributed by atoms with E-state index in [0.29, 0.717) is 0 Å². The Morgan fingerprint density at radius 1 is 1.12 bits per heavy atom. The lowest BCUT2D eigenvalue weighted by atomic mass is 9.89. The van der Waals surface area contributed by atoms with Crippen molar-refractivity contribution in [3.8, 4) is 0 Å². The van der Waals surface area contributed by atoms with Crippen molar-refractivity contribution in [1.82, 2.24) is 14.9 Å². The first-order chi connectivity index (χ1) is 16.7. The molecule has 1 aliphatic carbocycles. The normalized spacial score (nSPS) is 19.9. The zero-order chi connectivity index (χ0) is 23.1. The van der Waals surface area contributed by atoms with E-state index in [1.165, 1.54) is 38.6 Å². The zero-order valence-corrected chi connectivity index (χ0v) is 20.8. The van der Waals surface area contributed by atoms with Crippen molar-refractivity contribution in [3.05, 3.63) is 64.3 Å². The van der Waals surface area contributed by atoms with Crippen LogP contribution in [0, 0.1) is 5.92 Å². The Kier molecular flexibility index (Phi) is 5.97. The molecule has 2 atom stereocenters. The minimum absolute atomic E-state index is 0.138. The smallest absolute Gasteiger partial charge is 0.146 e. The van der Waals surface area contributed by atoms with E-state index in [-0.39, 0.29) is 6.04 Å². The van der Waals surface area contributed by atoms with Crippen LogP contribution >= 0.6 is 11.3 Å². The largest absolute Gasteiger partial charge is 0.379 e. The number of nitrogens with zero attached hydrogens (tertiary/aromatic N) is 3. The molecule has 0 saturated carbocycles. The summed E-state index contributed by atoms with van der Waals surface area (Å²) in [4.78, 5) is 15.3. The van der Waals surface area contributed by atoms with Gasteiger partial charge in [-0.05, 0) is 54.0 Å². The molecule has 0 spiro atoms. The molecule has 176 valence electrons. The summed E-state index contributed by atoms with van der Waals surface area (Å²) in [5, 5.41) is 7.66. The molecule has 6 rings (SSSR count). The number of morpholine rings is 1. The number of benzene rings is 2. The zero-order valence-electron chi connectivity index (χ0n) is 20.0. The first-order valence-corrected chi connectivity index (χ1v) is 13.3. The van der Waals surface area contributed by atoms with Gasteiger partial charge in [-0.2, -0.15) is 0 Å². The Hall–Kier alpha value is -2.54. The van der Waals surface area contributed by atoms with Crippen LogP contribution < -0.4 is 5.32 Å². The summed E-state index contributed by atoms with van der Waals surface area (Å²) in [5.41, 5.74) is 2.78. The average molecular weight is 473 g/mol. The predicted octanol–water partition coefficient (Wildman–Crippen LogP) is 5.97. The summed E-state index contributed by atoms with van der Waals surface area (Å²) in [5.74, 6) is 2.65. The van der Waals surface area contributed by atoms with Gasteiger partial charge in [0, 0.05) is 18.0 Å². The van der Waals surface area contributed by atoms with Gasteiger partial charge in [0.1, 0.15) is 16.5 Å². The number of rotatable bonds is 5. The molecule has 2 aromatic carbocycles. The van der Waals surface area contributed by atoms with Gasteiger partial charge >= 0.3 is 0 Å². The molecule has 2 aliphatic rings. The van der Waals surface area contributed by atoms with E-state index >= 15 is 0 Å². The molecule has 2 aromatic heterocycles. The molecule has 4 aromatic rings. The summed E-state index contributed by atoms with van der Waals surface area (Å²) < 4.78 is 5.54. The fraction of sp³-hybridized carbons (Fsp3) is 0.429. The topological polar surface area (TPSA) is 50.3 Å². The molecule has 34 heavy (non-hydrogen) atoms. The van der Waals surface area contributed by atoms with Gasteiger partial charge in [0.05, 0.1) is 31.2 Å². The first-order valence-electron chi connectivity index (χ1n) is 12.5. The van der Waals surface area contributed by atoms with Crippen LogP contribution in [0.5, 0.6) is 0 Å². The molecule has 0 radical (unpaired) electrons. The Balaban J connectivity index is 1.41. The lowest BCUT2D eigenvalue weighted by Crippen LogP contribution is -2.36. The SMILES string of the molecule is C[C@@H]1CCc2c(sc3nc(CN4CCOCC4)nc(N[C@H](C)c4cccc5ccccc45)c23)C1. The lowest BCUT2D eigenvalue weighted by Gasteiger charge is -2.26. The minimum atomic E-state index is 0.138. The quantitative estimate of drug-likeness (QED) is 0.388. The molecular weight excluding hydrogens is 440 g/mol. The van der Waals surface area contributed by atoms with Gasteiger partial charge < -0.3 is 10.1 Å². The number of hydrogen-bond acceptors (Lipinski definition) is 6. The number of thiophene rings is 1. The van der Waals surface area contributed by atoms with Gasteiger partial charge in [0.2, 0.25) is 0 Å². The van der Waals surface area contributed by atoms with E-state index in [0.717, 1.165) is 68.1 Å². The van der Waals surface area contributed by atoms with E-state index < -0.39 is 0 Å². The van der Waals surface area contributed by atoms with E-state index in [1.807, 2.05) is 11.3 Å². The van der Waals surface area contributed by atoms with Gasteiger partial charge in [-0.15, -0.1) is 11.3 Å². The third kappa shape index (κ3) is 4.19. The van der Waals surface area contributed by atoms with E-state index in [4.69, 9.17) is 14.7 Å². The van der Waals surface area contributed by atoms with Gasteiger partial charge in [0.15, 0.2) is 0 Å². The molecule has 0 amide bonds. The van der Waals surface area contributed by atoms with Gasteiger partial charge in [-0.25, -0.2) is 9.97 Å². The molecule has 6 heteroatoms. The maximum absolute atomic E-state index is 5.54. The molecule has 0 unspecified atom stereocenters. The molecule has 1 saturated heterocycles. The van der Waals surface area contributed by atoms with E-state index in [1.54, 1.807) is 0 Å². The molecule has 1 N–H and O–H groups in total. The van der Waals surface area contributed by atoms with Crippen molar-refractivity contribution < 1.29 is 4.74 Å². The number of aryl methyl sites for hydroxylation is 1. The highest BCUT2D eigenvalue weighted by atomic mass is 32.1. The molecule has 3 heterocycles. The van der Waals surface area contributed by atoms with Crippen LogP contribution in [-0.2, 0) is 24.1 Å². The number of hydrogen-bond donors (Lipinski definition) is 1. The molecule has 1 aliphatic heterocycles. The summed E-state index contributed by atoms with van der Waals surface area (Å²) in [7, 11) is 0. The summed E-state index contributed by atoms with van der Waals surface area (Å²) >= 11 is 1.88. The number of ether oxygens (including phenoxy) is 1. The molecule has 5 nitrogen and oxygen atoms in total. The summed E-state index contributed by atoms with van der Waals surface area (Å²) in [6.45, 7) is 8.84. The average Bonchev–Trinajstić information content (AvgIpc) is 3.21. The fourth-order valence-corrected chi connectivity index (χ4v) is 6.83. The van der Waals surface area contributed by atoms with Crippen LogP contribution in [0.3, 0.4) is 0 Å². The maximum Gasteiger partial charge on any atom is 0.146 e. The van der Waals surface area contributed by atoms with Crippen molar-refractivity contribution in [2.24, 2.45) is 5.92 Å². The number of nitrogens with one attached hydrogen (secondary N) is 1. The number of fused-ring (bicyclic) bond motifs is 4. The Labute approximate surface area is 205 Å². The van der Waals surface area contributed by atoms with Crippen molar-refractivity contribution in [2.75, 3.05) is 31.6 Å². The Bertz CT molecular complexity index is 1320. The standard InChI is InChI=1S/C28H32N4OS/c1-18-10-11-23-24(16-18)34-28-26(23)27(30-25(31-28)17-32-12-14-33-15-13-32)29-19(2)21-9-5-7-20-6-3-4-8-22(20)21/h3-9,18-19H,10-17H2,1-2H3,(H,29,30,31)/t18-,19-/m1/s1. The third-order valence-electron chi connectivity index (χ3n) is 7.31. The van der Waals surface area contributed by atoms with Crippen molar-refractivity contribution in [2.45, 2.75) is 45.7 Å². The second-order valence-corrected chi connectivity index (χ2v) is 10.9. The van der Waals surface area contributed by atoms with Crippen LogP contribution in [0.1, 0.15) is 48.1 Å². The molecule has 1 fully saturated rings. The van der Waals surface area contributed by atoms with Crippen LogP contribution in [0.4, 0.5) is 5.82 Å². The Morgan fingerprint density at radius 2 is 1.94 bits per heavy atom. The molecular formula is C28H32N4OS. The van der Waals surface area contributed by atoms with Crippen LogP contribution in [0.15, 0.2) is 42.5 Å².